The van der Waals surface area contributed by atoms with Gasteiger partial charge < -0.3 is 9.84 Å². The number of aliphatic hydroxyl groups excluding tert-OH is 1. The Morgan fingerprint density at radius 2 is 1.76 bits per heavy atom. The minimum atomic E-state index is -0.410. The Morgan fingerprint density at radius 1 is 1.06 bits per heavy atom. The summed E-state index contributed by atoms with van der Waals surface area (Å²) >= 11 is 0. The van der Waals surface area contributed by atoms with Gasteiger partial charge in [0.1, 0.15) is 6.61 Å². The number of hydrogen-bond acceptors (Lipinski definition) is 4. The van der Waals surface area contributed by atoms with Crippen molar-refractivity contribution in [2.75, 3.05) is 6.79 Å². The molecule has 1 aliphatic rings. The normalized spacial score (nSPS) is 12.5. The highest BCUT2D eigenvalue weighted by molar-refractivity contribution is 5.13. The van der Waals surface area contributed by atoms with E-state index in [0.717, 1.165) is 12.0 Å². The second-order valence-corrected chi connectivity index (χ2v) is 3.11. The maximum atomic E-state index is 8.20. The molecule has 0 saturated carbocycles. The quantitative estimate of drug-likeness (QED) is 0.377. The molecule has 17 heavy (non-hydrogen) atoms. The fraction of sp³-hybridized carbons (Fsp3) is 0.231. The van der Waals surface area contributed by atoms with Gasteiger partial charge in [0.05, 0.1) is 12.5 Å². The molecule has 0 bridgehead atoms. The summed E-state index contributed by atoms with van der Waals surface area (Å²) < 4.78 is 4.71. The highest BCUT2D eigenvalue weighted by atomic mass is 17.2. The van der Waals surface area contributed by atoms with E-state index in [1.807, 2.05) is 42.5 Å². The Kier molecular flexibility index (Phi) is 7.59. The number of allylic oxidation sites excluding steroid dienone is 2. The van der Waals surface area contributed by atoms with Crippen molar-refractivity contribution in [2.45, 2.75) is 13.0 Å². The molecular weight excluding hydrogens is 220 g/mol. The van der Waals surface area contributed by atoms with E-state index in [2.05, 4.69) is 9.78 Å². The molecule has 92 valence electrons. The van der Waals surface area contributed by atoms with Crippen LogP contribution in [0.4, 0.5) is 0 Å². The second kappa shape index (κ2) is 9.59. The van der Waals surface area contributed by atoms with Gasteiger partial charge in [-0.2, -0.15) is 0 Å². The number of benzene rings is 1. The molecule has 0 amide bonds. The third-order valence-electron chi connectivity index (χ3n) is 1.83. The molecule has 0 atom stereocenters. The summed E-state index contributed by atoms with van der Waals surface area (Å²) in [7, 11) is 0. The third-order valence-corrected chi connectivity index (χ3v) is 1.83. The summed E-state index contributed by atoms with van der Waals surface area (Å²) in [4.78, 5) is 8.91. The summed E-state index contributed by atoms with van der Waals surface area (Å²) in [5.74, 6) is 0. The maximum Gasteiger partial charge on any atom is 0.178 e. The number of rotatable bonds is 4. The van der Waals surface area contributed by atoms with Crippen LogP contribution in [0.15, 0.2) is 55.0 Å². The average Bonchev–Trinajstić information content (AvgIpc) is 2.43. The van der Waals surface area contributed by atoms with Gasteiger partial charge in [0.25, 0.3) is 0 Å². The number of hydrogen-bond donors (Lipinski definition) is 1. The predicted molar refractivity (Wildman–Crippen MR) is 63.4 cm³/mol. The summed E-state index contributed by atoms with van der Waals surface area (Å²) in [6.07, 6.45) is 8.29. The lowest BCUT2D eigenvalue weighted by Gasteiger charge is -1.99. The zero-order chi connectivity index (χ0) is 12.2. The minimum absolute atomic E-state index is 0.362. The molecule has 0 radical (unpaired) electrons. The van der Waals surface area contributed by atoms with Gasteiger partial charge in [-0.3, -0.25) is 0 Å². The van der Waals surface area contributed by atoms with Crippen molar-refractivity contribution in [2.24, 2.45) is 0 Å². The molecule has 1 N–H and O–H groups in total. The average molecular weight is 236 g/mol. The van der Waals surface area contributed by atoms with Gasteiger partial charge in [-0.1, -0.05) is 30.3 Å². The first-order valence-electron chi connectivity index (χ1n) is 5.28. The largest absolute Gasteiger partial charge is 0.473 e. The highest BCUT2D eigenvalue weighted by Gasteiger charge is 1.89. The SMILES string of the molecule is C1=COC=CC1.OCOOCc1ccccc1. The van der Waals surface area contributed by atoms with Gasteiger partial charge in [0, 0.05) is 0 Å². The van der Waals surface area contributed by atoms with E-state index >= 15 is 0 Å². The van der Waals surface area contributed by atoms with Gasteiger partial charge in [-0.05, 0) is 24.1 Å². The smallest absolute Gasteiger partial charge is 0.178 e. The molecular formula is C13H16O4. The monoisotopic (exact) mass is 236 g/mol. The third kappa shape index (κ3) is 7.30. The van der Waals surface area contributed by atoms with E-state index in [1.165, 1.54) is 0 Å². The molecule has 2 rings (SSSR count). The van der Waals surface area contributed by atoms with Crippen LogP contribution in [-0.2, 0) is 21.1 Å². The first kappa shape index (κ1) is 13.4. The Morgan fingerprint density at radius 3 is 2.24 bits per heavy atom. The highest BCUT2D eigenvalue weighted by Crippen LogP contribution is 1.99. The molecule has 0 spiro atoms. The number of aliphatic hydroxyl groups is 1. The molecule has 4 nitrogen and oxygen atoms in total. The standard InChI is InChI=1S/C8H10O3.C5H6O/c9-7-11-10-6-8-4-2-1-3-5-8;1-2-4-6-5-3-1/h1-5,9H,6-7H2;2-5H,1H2. The van der Waals surface area contributed by atoms with Crippen LogP contribution in [0.5, 0.6) is 0 Å². The Labute approximate surface area is 101 Å². The molecule has 0 fully saturated rings. The van der Waals surface area contributed by atoms with Gasteiger partial charge in [0.2, 0.25) is 0 Å². The zero-order valence-electron chi connectivity index (χ0n) is 9.49. The Hall–Kier alpha value is -1.62. The van der Waals surface area contributed by atoms with Crippen molar-refractivity contribution >= 4 is 0 Å². The molecule has 1 heterocycles. The summed E-state index contributed by atoms with van der Waals surface area (Å²) in [5.41, 5.74) is 1.01. The number of ether oxygens (including phenoxy) is 1. The van der Waals surface area contributed by atoms with Crippen molar-refractivity contribution in [1.82, 2.24) is 0 Å². The zero-order valence-corrected chi connectivity index (χ0v) is 9.49. The molecule has 1 aromatic rings. The molecule has 0 saturated heterocycles. The van der Waals surface area contributed by atoms with E-state index < -0.39 is 6.79 Å². The van der Waals surface area contributed by atoms with E-state index in [-0.39, 0.29) is 0 Å². The van der Waals surface area contributed by atoms with Crippen molar-refractivity contribution in [3.63, 3.8) is 0 Å². The maximum absolute atomic E-state index is 8.20. The van der Waals surface area contributed by atoms with Crippen LogP contribution >= 0.6 is 0 Å². The molecule has 1 aliphatic heterocycles. The lowest BCUT2D eigenvalue weighted by atomic mass is 10.2. The van der Waals surface area contributed by atoms with Crippen LogP contribution in [0, 0.1) is 0 Å². The summed E-state index contributed by atoms with van der Waals surface area (Å²) in [6, 6.07) is 9.59. The van der Waals surface area contributed by atoms with Crippen LogP contribution in [0.1, 0.15) is 12.0 Å². The van der Waals surface area contributed by atoms with E-state index in [9.17, 15) is 0 Å². The lowest BCUT2D eigenvalue weighted by molar-refractivity contribution is -0.336. The van der Waals surface area contributed by atoms with Crippen molar-refractivity contribution in [3.8, 4) is 0 Å². The first-order chi connectivity index (χ1) is 8.43. The second-order valence-electron chi connectivity index (χ2n) is 3.11. The summed E-state index contributed by atoms with van der Waals surface area (Å²) in [6.45, 7) is -0.0474. The van der Waals surface area contributed by atoms with E-state index in [0.29, 0.717) is 6.61 Å². The topological polar surface area (TPSA) is 47.9 Å². The predicted octanol–water partition coefficient (Wildman–Crippen LogP) is 2.52. The minimum Gasteiger partial charge on any atom is -0.473 e. The van der Waals surface area contributed by atoms with Gasteiger partial charge in [-0.15, -0.1) is 0 Å². The van der Waals surface area contributed by atoms with Crippen LogP contribution in [0.3, 0.4) is 0 Å². The van der Waals surface area contributed by atoms with Crippen LogP contribution in [0.25, 0.3) is 0 Å². The Bertz CT molecular complexity index is 313. The van der Waals surface area contributed by atoms with Crippen molar-refractivity contribution in [3.05, 3.63) is 60.6 Å². The van der Waals surface area contributed by atoms with Crippen molar-refractivity contribution in [1.29, 1.82) is 0 Å². The van der Waals surface area contributed by atoms with Gasteiger partial charge in [0.15, 0.2) is 6.79 Å². The molecule has 0 aliphatic carbocycles. The van der Waals surface area contributed by atoms with E-state index in [4.69, 9.17) is 9.84 Å². The van der Waals surface area contributed by atoms with Crippen molar-refractivity contribution < 1.29 is 19.6 Å². The molecule has 4 heteroatoms. The van der Waals surface area contributed by atoms with E-state index in [1.54, 1.807) is 12.5 Å². The lowest BCUT2D eigenvalue weighted by Crippen LogP contribution is -1.95. The van der Waals surface area contributed by atoms with Crippen LogP contribution in [0.2, 0.25) is 0 Å². The fourth-order valence-electron chi connectivity index (χ4n) is 1.07. The van der Waals surface area contributed by atoms with Crippen LogP contribution in [-0.4, -0.2) is 11.9 Å². The molecule has 0 unspecified atom stereocenters. The first-order valence-corrected chi connectivity index (χ1v) is 5.28. The van der Waals surface area contributed by atoms with Gasteiger partial charge >= 0.3 is 0 Å². The molecule has 1 aromatic carbocycles. The van der Waals surface area contributed by atoms with Gasteiger partial charge in [-0.25, -0.2) is 9.78 Å². The van der Waals surface area contributed by atoms with Crippen LogP contribution < -0.4 is 0 Å². The molecule has 0 aromatic heterocycles. The Balaban J connectivity index is 0.000000202. The summed E-state index contributed by atoms with van der Waals surface area (Å²) in [5, 5.41) is 8.20. The fourth-order valence-corrected chi connectivity index (χ4v) is 1.07.